The van der Waals surface area contributed by atoms with E-state index in [2.05, 4.69) is 66.4 Å². The number of aromatic nitrogens is 2. The molecule has 0 bridgehead atoms. The zero-order valence-electron chi connectivity index (χ0n) is 13.5. The van der Waals surface area contributed by atoms with Gasteiger partial charge in [0, 0.05) is 23.1 Å². The summed E-state index contributed by atoms with van der Waals surface area (Å²) in [5, 5.41) is 2.97. The van der Waals surface area contributed by atoms with Crippen molar-refractivity contribution < 1.29 is 4.79 Å². The number of nitrogens with zero attached hydrogens (tertiary/aromatic N) is 1. The largest absolute Gasteiger partial charge is 0.338 e. The Kier molecular flexibility index (Phi) is 2.85. The van der Waals surface area contributed by atoms with Gasteiger partial charge in [-0.15, -0.1) is 0 Å². The quantitative estimate of drug-likeness (QED) is 0.709. The second kappa shape index (κ2) is 4.69. The van der Waals surface area contributed by atoms with Crippen molar-refractivity contribution in [1.82, 2.24) is 9.97 Å². The number of hydrogen-bond donors (Lipinski definition) is 2. The molecule has 3 aromatic rings. The molecule has 0 aliphatic carbocycles. The highest BCUT2D eigenvalue weighted by atomic mass is 16.1. The molecule has 2 N–H and O–H groups in total. The molecule has 1 aliphatic rings. The van der Waals surface area contributed by atoms with Gasteiger partial charge in [-0.1, -0.05) is 43.7 Å². The van der Waals surface area contributed by atoms with Crippen LogP contribution in [0.1, 0.15) is 31.4 Å². The number of benzene rings is 2. The van der Waals surface area contributed by atoms with Gasteiger partial charge in [-0.2, -0.15) is 0 Å². The molecule has 4 rings (SSSR count). The first-order valence-electron chi connectivity index (χ1n) is 7.83. The monoisotopic (exact) mass is 305 g/mol. The van der Waals surface area contributed by atoms with Gasteiger partial charge < -0.3 is 10.3 Å². The van der Waals surface area contributed by atoms with E-state index in [1.165, 1.54) is 5.56 Å². The van der Waals surface area contributed by atoms with Crippen LogP contribution in [0, 0.1) is 6.92 Å². The molecule has 4 heteroatoms. The second-order valence-corrected chi connectivity index (χ2v) is 6.98. The van der Waals surface area contributed by atoms with Crippen LogP contribution < -0.4 is 5.32 Å². The van der Waals surface area contributed by atoms with Crippen molar-refractivity contribution in [3.05, 3.63) is 47.5 Å². The highest BCUT2D eigenvalue weighted by Crippen LogP contribution is 2.39. The second-order valence-electron chi connectivity index (χ2n) is 6.98. The summed E-state index contributed by atoms with van der Waals surface area (Å²) in [7, 11) is 0. The van der Waals surface area contributed by atoms with Crippen molar-refractivity contribution in [3.63, 3.8) is 0 Å². The number of imidazole rings is 1. The summed E-state index contributed by atoms with van der Waals surface area (Å²) in [4.78, 5) is 20.0. The van der Waals surface area contributed by atoms with Gasteiger partial charge in [0.2, 0.25) is 5.91 Å². The number of aromatic amines is 1. The Morgan fingerprint density at radius 3 is 2.61 bits per heavy atom. The third-order valence-electron chi connectivity index (χ3n) is 4.55. The Bertz CT molecular complexity index is 920. The first-order valence-corrected chi connectivity index (χ1v) is 7.83. The van der Waals surface area contributed by atoms with Gasteiger partial charge in [0.25, 0.3) is 0 Å². The van der Waals surface area contributed by atoms with Crippen molar-refractivity contribution in [2.45, 2.75) is 32.6 Å². The molecular formula is C19H19N3O. The zero-order chi connectivity index (χ0) is 16.2. The first kappa shape index (κ1) is 14.0. The van der Waals surface area contributed by atoms with Gasteiger partial charge in [0.05, 0.1) is 11.0 Å². The van der Waals surface area contributed by atoms with Gasteiger partial charge >= 0.3 is 0 Å². The van der Waals surface area contributed by atoms with Crippen molar-refractivity contribution >= 4 is 22.6 Å². The van der Waals surface area contributed by atoms with Crippen LogP contribution in [0.25, 0.3) is 22.4 Å². The number of nitrogens with one attached hydrogen (secondary N) is 2. The Morgan fingerprint density at radius 1 is 1.13 bits per heavy atom. The maximum absolute atomic E-state index is 11.9. The molecule has 2 aromatic carbocycles. The van der Waals surface area contributed by atoms with Crippen molar-refractivity contribution in [1.29, 1.82) is 0 Å². The lowest BCUT2D eigenvalue weighted by atomic mass is 9.78. The van der Waals surface area contributed by atoms with E-state index in [0.29, 0.717) is 6.42 Å². The molecule has 0 atom stereocenters. The van der Waals surface area contributed by atoms with Crippen molar-refractivity contribution in [3.8, 4) is 11.4 Å². The molecule has 0 fully saturated rings. The summed E-state index contributed by atoms with van der Waals surface area (Å²) >= 11 is 0. The van der Waals surface area contributed by atoms with Gasteiger partial charge in [0.1, 0.15) is 5.82 Å². The lowest BCUT2D eigenvalue weighted by molar-refractivity contribution is -0.117. The third-order valence-corrected chi connectivity index (χ3v) is 4.55. The number of carbonyl (C=O) groups is 1. The van der Waals surface area contributed by atoms with Gasteiger partial charge in [-0.3, -0.25) is 4.79 Å². The average Bonchev–Trinajstić information content (AvgIpc) is 2.88. The molecule has 0 unspecified atom stereocenters. The van der Waals surface area contributed by atoms with Crippen LogP contribution in [0.4, 0.5) is 5.69 Å². The highest BCUT2D eigenvalue weighted by molar-refractivity contribution is 5.98. The topological polar surface area (TPSA) is 57.8 Å². The van der Waals surface area contributed by atoms with E-state index >= 15 is 0 Å². The Balaban J connectivity index is 1.87. The number of H-pyrrole nitrogens is 1. The summed E-state index contributed by atoms with van der Waals surface area (Å²) in [5.74, 6) is 0.919. The molecule has 1 amide bonds. The summed E-state index contributed by atoms with van der Waals surface area (Å²) in [6, 6.07) is 12.4. The molecule has 4 nitrogen and oxygen atoms in total. The maximum atomic E-state index is 11.9. The molecule has 0 saturated carbocycles. The first-order chi connectivity index (χ1) is 10.9. The van der Waals surface area contributed by atoms with E-state index in [1.807, 2.05) is 6.07 Å². The predicted molar refractivity (Wildman–Crippen MR) is 92.5 cm³/mol. The van der Waals surface area contributed by atoms with E-state index in [1.54, 1.807) is 0 Å². The van der Waals surface area contributed by atoms with Crippen LogP contribution >= 0.6 is 0 Å². The van der Waals surface area contributed by atoms with E-state index < -0.39 is 0 Å². The lowest BCUT2D eigenvalue weighted by Gasteiger charge is -2.31. The van der Waals surface area contributed by atoms with E-state index in [-0.39, 0.29) is 11.3 Å². The highest BCUT2D eigenvalue weighted by Gasteiger charge is 2.32. The van der Waals surface area contributed by atoms with Crippen LogP contribution in [-0.2, 0) is 10.2 Å². The zero-order valence-corrected chi connectivity index (χ0v) is 13.5. The minimum absolute atomic E-state index is 0.0659. The normalized spacial score (nSPS) is 16.2. The van der Waals surface area contributed by atoms with Crippen LogP contribution in [0.15, 0.2) is 36.4 Å². The Morgan fingerprint density at radius 2 is 1.87 bits per heavy atom. The molecule has 116 valence electrons. The van der Waals surface area contributed by atoms with Gasteiger partial charge in [-0.05, 0) is 24.6 Å². The average molecular weight is 305 g/mol. The van der Waals surface area contributed by atoms with Gasteiger partial charge in [0.15, 0.2) is 0 Å². The summed E-state index contributed by atoms with van der Waals surface area (Å²) < 4.78 is 0. The smallest absolute Gasteiger partial charge is 0.225 e. The standard InChI is InChI=1S/C19H19N3O/c1-11-4-6-12(7-5-11)18-21-15-8-13-14(9-16(15)22-18)20-17(23)10-19(13,2)3/h4-9H,10H2,1-3H3,(H,20,23)(H,21,22). The molecule has 1 aliphatic heterocycles. The van der Waals surface area contributed by atoms with Crippen LogP contribution in [0.5, 0.6) is 0 Å². The molecular weight excluding hydrogens is 286 g/mol. The number of rotatable bonds is 1. The number of aryl methyl sites for hydroxylation is 1. The maximum Gasteiger partial charge on any atom is 0.225 e. The minimum atomic E-state index is -0.166. The summed E-state index contributed by atoms with van der Waals surface area (Å²) in [6.07, 6.45) is 0.504. The molecule has 23 heavy (non-hydrogen) atoms. The Labute approximate surface area is 134 Å². The number of amides is 1. The fourth-order valence-corrected chi connectivity index (χ4v) is 3.26. The molecule has 0 saturated heterocycles. The van der Waals surface area contributed by atoms with Crippen LogP contribution in [-0.4, -0.2) is 15.9 Å². The number of hydrogen-bond acceptors (Lipinski definition) is 2. The molecule has 2 heterocycles. The van der Waals surface area contributed by atoms with Crippen LogP contribution in [0.3, 0.4) is 0 Å². The predicted octanol–water partition coefficient (Wildman–Crippen LogP) is 4.16. The van der Waals surface area contributed by atoms with Crippen LogP contribution in [0.2, 0.25) is 0 Å². The minimum Gasteiger partial charge on any atom is -0.338 e. The molecule has 0 spiro atoms. The van der Waals surface area contributed by atoms with E-state index in [0.717, 1.165) is 33.7 Å². The summed E-state index contributed by atoms with van der Waals surface area (Å²) in [6.45, 7) is 6.28. The number of anilines is 1. The van der Waals surface area contributed by atoms with Crippen molar-refractivity contribution in [2.24, 2.45) is 0 Å². The number of carbonyl (C=O) groups excluding carboxylic acids is 1. The Hall–Kier alpha value is -2.62. The fourth-order valence-electron chi connectivity index (χ4n) is 3.26. The SMILES string of the molecule is Cc1ccc(-c2nc3cc4c(cc3[nH]2)C(C)(C)CC(=O)N4)cc1. The lowest BCUT2D eigenvalue weighted by Crippen LogP contribution is -2.32. The summed E-state index contributed by atoms with van der Waals surface area (Å²) in [5.41, 5.74) is 6.03. The van der Waals surface area contributed by atoms with E-state index in [4.69, 9.17) is 0 Å². The number of fused-ring (bicyclic) bond motifs is 2. The van der Waals surface area contributed by atoms with Gasteiger partial charge in [-0.25, -0.2) is 4.98 Å². The van der Waals surface area contributed by atoms with E-state index in [9.17, 15) is 4.79 Å². The molecule has 0 radical (unpaired) electrons. The third kappa shape index (κ3) is 2.31. The van der Waals surface area contributed by atoms with Crippen molar-refractivity contribution in [2.75, 3.05) is 5.32 Å². The fraction of sp³-hybridized carbons (Fsp3) is 0.263. The molecule has 1 aromatic heterocycles.